The second kappa shape index (κ2) is 4.73. The minimum Gasteiger partial charge on any atom is -0.238 e. The molecule has 0 atom stereocenters. The van der Waals surface area contributed by atoms with Gasteiger partial charge in [-0.25, -0.2) is 4.85 Å². The van der Waals surface area contributed by atoms with Crippen LogP contribution in [0.4, 0.5) is 5.69 Å². The zero-order valence-electron chi connectivity index (χ0n) is 10.4. The van der Waals surface area contributed by atoms with Crippen molar-refractivity contribution in [2.24, 2.45) is 0 Å². The van der Waals surface area contributed by atoms with Crippen molar-refractivity contribution < 1.29 is 0 Å². The smallest absolute Gasteiger partial charge is 0.195 e. The van der Waals surface area contributed by atoms with Gasteiger partial charge in [-0.15, -0.1) is 0 Å². The maximum Gasteiger partial charge on any atom is 0.195 e. The molecule has 0 aliphatic rings. The molecule has 2 heteroatoms. The summed E-state index contributed by atoms with van der Waals surface area (Å²) in [7, 11) is 0. The van der Waals surface area contributed by atoms with Crippen molar-refractivity contribution in [1.29, 1.82) is 5.26 Å². The largest absolute Gasteiger partial charge is 0.238 e. The highest BCUT2D eigenvalue weighted by Crippen LogP contribution is 2.33. The van der Waals surface area contributed by atoms with E-state index in [0.29, 0.717) is 11.3 Å². The van der Waals surface area contributed by atoms with E-state index >= 15 is 0 Å². The van der Waals surface area contributed by atoms with Gasteiger partial charge < -0.3 is 0 Å². The van der Waals surface area contributed by atoms with Crippen molar-refractivity contribution in [2.75, 3.05) is 0 Å². The lowest BCUT2D eigenvalue weighted by Gasteiger charge is -2.08. The van der Waals surface area contributed by atoms with Gasteiger partial charge in [-0.3, -0.25) is 0 Å². The molecule has 0 unspecified atom stereocenters. The molecule has 18 heavy (non-hydrogen) atoms. The Balaban J connectivity index is 2.71. The van der Waals surface area contributed by atoms with Crippen LogP contribution in [0.25, 0.3) is 16.0 Å². The van der Waals surface area contributed by atoms with E-state index in [1.54, 1.807) is 0 Å². The summed E-state index contributed by atoms with van der Waals surface area (Å²) in [4.78, 5) is 3.55. The van der Waals surface area contributed by atoms with E-state index in [9.17, 15) is 5.26 Å². The average Bonchev–Trinajstić information content (AvgIpc) is 2.38. The van der Waals surface area contributed by atoms with Gasteiger partial charge >= 0.3 is 0 Å². The Morgan fingerprint density at radius 1 is 1.00 bits per heavy atom. The molecule has 0 spiro atoms. The summed E-state index contributed by atoms with van der Waals surface area (Å²) >= 11 is 0. The molecule has 2 aromatic rings. The van der Waals surface area contributed by atoms with Crippen LogP contribution < -0.4 is 0 Å². The van der Waals surface area contributed by atoms with E-state index in [2.05, 4.69) is 10.9 Å². The Labute approximate surface area is 107 Å². The minimum atomic E-state index is 0.593. The van der Waals surface area contributed by atoms with Crippen LogP contribution in [0.2, 0.25) is 0 Å². The van der Waals surface area contributed by atoms with Crippen LogP contribution in [0, 0.1) is 31.8 Å². The second-order valence-electron chi connectivity index (χ2n) is 4.29. The molecule has 86 valence electrons. The fourth-order valence-corrected chi connectivity index (χ4v) is 1.95. The number of nitriles is 1. The van der Waals surface area contributed by atoms with E-state index in [1.807, 2.05) is 50.2 Å². The summed E-state index contributed by atoms with van der Waals surface area (Å²) in [5, 5.41) is 9.19. The van der Waals surface area contributed by atoms with Crippen molar-refractivity contribution in [1.82, 2.24) is 0 Å². The zero-order valence-corrected chi connectivity index (χ0v) is 10.4. The topological polar surface area (TPSA) is 28.1 Å². The third-order valence-corrected chi connectivity index (χ3v) is 2.86. The predicted octanol–water partition coefficient (Wildman–Crippen LogP) is 4.39. The Morgan fingerprint density at radius 3 is 2.22 bits per heavy atom. The molecule has 0 heterocycles. The van der Waals surface area contributed by atoms with Crippen molar-refractivity contribution in [2.45, 2.75) is 13.8 Å². The molecule has 2 rings (SSSR count). The van der Waals surface area contributed by atoms with Gasteiger partial charge in [0.25, 0.3) is 0 Å². The van der Waals surface area contributed by atoms with Crippen LogP contribution in [0.15, 0.2) is 36.4 Å². The lowest BCUT2D eigenvalue weighted by molar-refractivity contribution is 1.41. The summed E-state index contributed by atoms with van der Waals surface area (Å²) < 4.78 is 0. The summed E-state index contributed by atoms with van der Waals surface area (Å²) in [6, 6.07) is 13.6. The molecule has 0 bridgehead atoms. The summed E-state index contributed by atoms with van der Waals surface area (Å²) in [6.07, 6.45) is 0. The first-order chi connectivity index (χ1) is 8.65. The van der Waals surface area contributed by atoms with Crippen LogP contribution in [0.3, 0.4) is 0 Å². The Bertz CT molecular complexity index is 624. The second-order valence-corrected chi connectivity index (χ2v) is 4.29. The highest BCUT2D eigenvalue weighted by atomic mass is 14.6. The number of hydrogen-bond donors (Lipinski definition) is 0. The highest BCUT2D eigenvalue weighted by Gasteiger charge is 2.09. The Morgan fingerprint density at radius 2 is 1.61 bits per heavy atom. The summed E-state index contributed by atoms with van der Waals surface area (Å²) in [5.74, 6) is 0. The number of aryl methyl sites for hydroxylation is 2. The molecule has 2 aromatic carbocycles. The monoisotopic (exact) mass is 232 g/mol. The summed E-state index contributed by atoms with van der Waals surface area (Å²) in [5.41, 5.74) is 4.96. The number of hydrogen-bond acceptors (Lipinski definition) is 1. The van der Waals surface area contributed by atoms with E-state index in [1.165, 1.54) is 0 Å². The van der Waals surface area contributed by atoms with Gasteiger partial charge in [0.15, 0.2) is 5.69 Å². The Kier molecular flexibility index (Phi) is 3.13. The maximum absolute atomic E-state index is 9.19. The first-order valence-corrected chi connectivity index (χ1v) is 5.65. The van der Waals surface area contributed by atoms with E-state index < -0.39 is 0 Å². The lowest BCUT2D eigenvalue weighted by atomic mass is 9.96. The molecule has 0 aromatic heterocycles. The van der Waals surface area contributed by atoms with E-state index in [0.717, 1.165) is 22.3 Å². The van der Waals surface area contributed by atoms with Gasteiger partial charge in [-0.05, 0) is 36.6 Å². The van der Waals surface area contributed by atoms with Crippen molar-refractivity contribution in [3.05, 3.63) is 64.5 Å². The molecule has 0 aliphatic carbocycles. The standard InChI is InChI=1S/C16H12N2/c1-11-4-6-14(13(8-11)10-17)15-7-5-12(2)9-16(15)18-3/h4-9H,1-2H3. The van der Waals surface area contributed by atoms with Gasteiger partial charge in [0.2, 0.25) is 0 Å². The van der Waals surface area contributed by atoms with Crippen LogP contribution in [-0.4, -0.2) is 0 Å². The van der Waals surface area contributed by atoms with Crippen LogP contribution in [0.5, 0.6) is 0 Å². The van der Waals surface area contributed by atoms with Gasteiger partial charge in [0.1, 0.15) is 0 Å². The first-order valence-electron chi connectivity index (χ1n) is 5.65. The fraction of sp³-hybridized carbons (Fsp3) is 0.125. The molecule has 2 nitrogen and oxygen atoms in total. The molecule has 0 amide bonds. The third-order valence-electron chi connectivity index (χ3n) is 2.86. The molecular weight excluding hydrogens is 220 g/mol. The lowest BCUT2D eigenvalue weighted by Crippen LogP contribution is -1.87. The predicted molar refractivity (Wildman–Crippen MR) is 72.3 cm³/mol. The number of benzene rings is 2. The molecule has 0 fully saturated rings. The average molecular weight is 232 g/mol. The zero-order chi connectivity index (χ0) is 13.1. The maximum atomic E-state index is 9.19. The number of rotatable bonds is 1. The van der Waals surface area contributed by atoms with E-state index in [4.69, 9.17) is 6.57 Å². The Hall–Kier alpha value is -2.58. The molecule has 0 saturated carbocycles. The summed E-state index contributed by atoms with van der Waals surface area (Å²) in [6.45, 7) is 11.2. The van der Waals surface area contributed by atoms with Gasteiger partial charge in [0, 0.05) is 0 Å². The molecule has 0 N–H and O–H groups in total. The highest BCUT2D eigenvalue weighted by molar-refractivity contribution is 5.82. The minimum absolute atomic E-state index is 0.593. The molecule has 0 radical (unpaired) electrons. The van der Waals surface area contributed by atoms with Crippen molar-refractivity contribution in [3.63, 3.8) is 0 Å². The molecular formula is C16H12N2. The molecule has 0 aliphatic heterocycles. The van der Waals surface area contributed by atoms with Gasteiger partial charge in [-0.2, -0.15) is 5.26 Å². The third kappa shape index (κ3) is 2.10. The SMILES string of the molecule is [C-]#[N+]c1cc(C)ccc1-c1ccc(C)cc1C#N. The van der Waals surface area contributed by atoms with Crippen LogP contribution in [0.1, 0.15) is 16.7 Å². The number of nitrogens with zero attached hydrogens (tertiary/aromatic N) is 2. The first kappa shape index (κ1) is 11.9. The van der Waals surface area contributed by atoms with Crippen LogP contribution in [-0.2, 0) is 0 Å². The van der Waals surface area contributed by atoms with Crippen molar-refractivity contribution in [3.8, 4) is 17.2 Å². The van der Waals surface area contributed by atoms with Crippen LogP contribution >= 0.6 is 0 Å². The van der Waals surface area contributed by atoms with E-state index in [-0.39, 0.29) is 0 Å². The quantitative estimate of drug-likeness (QED) is 0.670. The fourth-order valence-electron chi connectivity index (χ4n) is 1.95. The van der Waals surface area contributed by atoms with Gasteiger partial charge in [0.05, 0.1) is 18.2 Å². The van der Waals surface area contributed by atoms with Gasteiger partial charge in [-0.1, -0.05) is 35.9 Å². The van der Waals surface area contributed by atoms with Crippen molar-refractivity contribution >= 4 is 5.69 Å². The normalized spacial score (nSPS) is 9.56. The molecule has 0 saturated heterocycles.